The summed E-state index contributed by atoms with van der Waals surface area (Å²) in [6.07, 6.45) is 0. The third-order valence-corrected chi connectivity index (χ3v) is 5.59. The largest absolute Gasteiger partial charge is 0.497 e. The van der Waals surface area contributed by atoms with Crippen molar-refractivity contribution in [2.45, 2.75) is 12.1 Å². The number of hydrogen-bond donors (Lipinski definition) is 1. The van der Waals surface area contributed by atoms with E-state index in [1.54, 1.807) is 7.11 Å². The van der Waals surface area contributed by atoms with Gasteiger partial charge in [0.1, 0.15) is 5.75 Å². The lowest BCUT2D eigenvalue weighted by atomic mass is 10.2. The van der Waals surface area contributed by atoms with Gasteiger partial charge in [-0.05, 0) is 55.5 Å². The Kier molecular flexibility index (Phi) is 6.33. The maximum absolute atomic E-state index is 12.4. The molecule has 1 heterocycles. The molecule has 0 saturated carbocycles. The Balaban J connectivity index is 1.61. The zero-order valence-corrected chi connectivity index (χ0v) is 18.1. The van der Waals surface area contributed by atoms with Gasteiger partial charge in [-0.25, -0.2) is 0 Å². The predicted molar refractivity (Wildman–Crippen MR) is 124 cm³/mol. The summed E-state index contributed by atoms with van der Waals surface area (Å²) in [5, 5.41) is 12.3. The summed E-state index contributed by atoms with van der Waals surface area (Å²) in [4.78, 5) is 12.4. The molecule has 0 fully saturated rings. The van der Waals surface area contributed by atoms with Crippen molar-refractivity contribution in [3.8, 4) is 22.8 Å². The van der Waals surface area contributed by atoms with Gasteiger partial charge < -0.3 is 10.1 Å². The number of hydrogen-bond acceptors (Lipinski definition) is 5. The molecule has 1 amide bonds. The van der Waals surface area contributed by atoms with Gasteiger partial charge in [-0.2, -0.15) is 0 Å². The molecule has 7 heteroatoms. The number of thioether (sulfide) groups is 1. The molecule has 0 atom stereocenters. The van der Waals surface area contributed by atoms with E-state index in [0.29, 0.717) is 11.0 Å². The molecular formula is C24H22N4O2S. The Morgan fingerprint density at radius 3 is 2.35 bits per heavy atom. The molecule has 6 nitrogen and oxygen atoms in total. The van der Waals surface area contributed by atoms with Crippen molar-refractivity contribution in [1.82, 2.24) is 14.8 Å². The summed E-state index contributed by atoms with van der Waals surface area (Å²) in [7, 11) is 1.64. The minimum absolute atomic E-state index is 0.0966. The van der Waals surface area contributed by atoms with Gasteiger partial charge in [-0.1, -0.05) is 47.7 Å². The highest BCUT2D eigenvalue weighted by Crippen LogP contribution is 2.29. The van der Waals surface area contributed by atoms with Gasteiger partial charge in [0.05, 0.1) is 12.9 Å². The quantitative estimate of drug-likeness (QED) is 0.419. The van der Waals surface area contributed by atoms with E-state index in [1.165, 1.54) is 17.3 Å². The highest BCUT2D eigenvalue weighted by Gasteiger charge is 2.17. The van der Waals surface area contributed by atoms with Crippen LogP contribution in [0.1, 0.15) is 5.56 Å². The molecule has 156 valence electrons. The van der Waals surface area contributed by atoms with E-state index in [0.717, 1.165) is 22.7 Å². The standard InChI is InChI=1S/C24H22N4O2S/c1-17-8-12-20(13-9-17)28-23(18-10-14-21(30-2)15-11-18)26-27-24(28)31-16-22(29)25-19-6-4-3-5-7-19/h3-15H,16H2,1-2H3,(H,25,29). The van der Waals surface area contributed by atoms with Crippen molar-refractivity contribution in [2.75, 3.05) is 18.2 Å². The lowest BCUT2D eigenvalue weighted by Crippen LogP contribution is -2.14. The number of anilines is 1. The van der Waals surface area contributed by atoms with Crippen molar-refractivity contribution in [3.63, 3.8) is 0 Å². The minimum atomic E-state index is -0.0966. The molecule has 1 aromatic heterocycles. The SMILES string of the molecule is COc1ccc(-c2nnc(SCC(=O)Nc3ccccc3)n2-c2ccc(C)cc2)cc1. The Bertz CT molecular complexity index is 1160. The number of benzene rings is 3. The first-order chi connectivity index (χ1) is 15.1. The summed E-state index contributed by atoms with van der Waals surface area (Å²) in [5.41, 5.74) is 3.79. The second kappa shape index (κ2) is 9.49. The Morgan fingerprint density at radius 1 is 0.968 bits per heavy atom. The van der Waals surface area contributed by atoms with Gasteiger partial charge in [0, 0.05) is 16.9 Å². The summed E-state index contributed by atoms with van der Waals surface area (Å²) in [5.74, 6) is 1.61. The number of aryl methyl sites for hydroxylation is 1. The van der Waals surface area contributed by atoms with Crippen LogP contribution in [0.4, 0.5) is 5.69 Å². The molecule has 0 aliphatic carbocycles. The van der Waals surface area contributed by atoms with Crippen molar-refractivity contribution in [1.29, 1.82) is 0 Å². The number of carbonyl (C=O) groups is 1. The molecule has 31 heavy (non-hydrogen) atoms. The first-order valence-electron chi connectivity index (χ1n) is 9.78. The highest BCUT2D eigenvalue weighted by molar-refractivity contribution is 7.99. The molecule has 0 aliphatic rings. The van der Waals surface area contributed by atoms with Crippen LogP contribution in [0, 0.1) is 6.92 Å². The van der Waals surface area contributed by atoms with Crippen molar-refractivity contribution in [3.05, 3.63) is 84.4 Å². The Labute approximate surface area is 185 Å². The van der Waals surface area contributed by atoms with E-state index in [2.05, 4.69) is 15.5 Å². The smallest absolute Gasteiger partial charge is 0.234 e. The van der Waals surface area contributed by atoms with Crippen molar-refractivity contribution >= 4 is 23.4 Å². The summed E-state index contributed by atoms with van der Waals surface area (Å²) in [6.45, 7) is 2.05. The summed E-state index contributed by atoms with van der Waals surface area (Å²) < 4.78 is 7.23. The molecule has 4 rings (SSSR count). The van der Waals surface area contributed by atoms with Gasteiger partial charge in [0.15, 0.2) is 11.0 Å². The third-order valence-electron chi connectivity index (χ3n) is 4.66. The highest BCUT2D eigenvalue weighted by atomic mass is 32.2. The molecule has 0 radical (unpaired) electrons. The van der Waals surface area contributed by atoms with E-state index in [1.807, 2.05) is 90.4 Å². The lowest BCUT2D eigenvalue weighted by Gasteiger charge is -2.11. The van der Waals surface area contributed by atoms with E-state index in [-0.39, 0.29) is 11.7 Å². The van der Waals surface area contributed by atoms with Crippen LogP contribution in [-0.2, 0) is 4.79 Å². The van der Waals surface area contributed by atoms with Gasteiger partial charge >= 0.3 is 0 Å². The molecule has 0 aliphatic heterocycles. The maximum atomic E-state index is 12.4. The molecule has 3 aromatic carbocycles. The maximum Gasteiger partial charge on any atom is 0.234 e. The number of nitrogens with zero attached hydrogens (tertiary/aromatic N) is 3. The van der Waals surface area contributed by atoms with Crippen LogP contribution >= 0.6 is 11.8 Å². The average Bonchev–Trinajstić information content (AvgIpc) is 3.23. The minimum Gasteiger partial charge on any atom is -0.497 e. The van der Waals surface area contributed by atoms with Gasteiger partial charge in [0.25, 0.3) is 0 Å². The fraction of sp³-hybridized carbons (Fsp3) is 0.125. The molecule has 0 unspecified atom stereocenters. The van der Waals surface area contributed by atoms with E-state index in [9.17, 15) is 4.79 Å². The number of ether oxygens (including phenoxy) is 1. The number of carbonyl (C=O) groups excluding carboxylic acids is 1. The topological polar surface area (TPSA) is 69.0 Å². The van der Waals surface area contributed by atoms with Crippen LogP contribution in [0.5, 0.6) is 5.75 Å². The number of rotatable bonds is 7. The number of aromatic nitrogens is 3. The first-order valence-corrected chi connectivity index (χ1v) is 10.8. The Hall–Kier alpha value is -3.58. The fourth-order valence-corrected chi connectivity index (χ4v) is 3.82. The molecule has 1 N–H and O–H groups in total. The van der Waals surface area contributed by atoms with Gasteiger partial charge in [-0.3, -0.25) is 9.36 Å². The second-order valence-electron chi connectivity index (χ2n) is 6.91. The molecule has 0 saturated heterocycles. The van der Waals surface area contributed by atoms with Crippen LogP contribution in [0.25, 0.3) is 17.1 Å². The molecular weight excluding hydrogens is 408 g/mol. The van der Waals surface area contributed by atoms with Crippen LogP contribution < -0.4 is 10.1 Å². The zero-order chi connectivity index (χ0) is 21.6. The van der Waals surface area contributed by atoms with Gasteiger partial charge in [-0.15, -0.1) is 10.2 Å². The first kappa shape index (κ1) is 20.7. The van der Waals surface area contributed by atoms with Gasteiger partial charge in [0.2, 0.25) is 5.91 Å². The van der Waals surface area contributed by atoms with Crippen LogP contribution in [0.15, 0.2) is 84.0 Å². The fourth-order valence-electron chi connectivity index (χ4n) is 3.07. The zero-order valence-electron chi connectivity index (χ0n) is 17.3. The molecule has 0 bridgehead atoms. The van der Waals surface area contributed by atoms with E-state index >= 15 is 0 Å². The van der Waals surface area contributed by atoms with Crippen molar-refractivity contribution in [2.24, 2.45) is 0 Å². The Morgan fingerprint density at radius 2 is 1.68 bits per heavy atom. The monoisotopic (exact) mass is 430 g/mol. The predicted octanol–water partition coefficient (Wildman–Crippen LogP) is 4.98. The van der Waals surface area contributed by atoms with E-state index in [4.69, 9.17) is 4.74 Å². The van der Waals surface area contributed by atoms with Crippen molar-refractivity contribution < 1.29 is 9.53 Å². The molecule has 0 spiro atoms. The van der Waals surface area contributed by atoms with Crippen LogP contribution in [0.2, 0.25) is 0 Å². The number of nitrogens with one attached hydrogen (secondary N) is 1. The van der Waals surface area contributed by atoms with Crippen LogP contribution in [0.3, 0.4) is 0 Å². The normalized spacial score (nSPS) is 10.6. The molecule has 4 aromatic rings. The number of methoxy groups -OCH3 is 1. The van der Waals surface area contributed by atoms with E-state index < -0.39 is 0 Å². The number of para-hydroxylation sites is 1. The second-order valence-corrected chi connectivity index (χ2v) is 7.85. The summed E-state index contributed by atoms with van der Waals surface area (Å²) in [6, 6.07) is 25.2. The average molecular weight is 431 g/mol. The summed E-state index contributed by atoms with van der Waals surface area (Å²) >= 11 is 1.35. The number of amides is 1. The third kappa shape index (κ3) is 4.95. The lowest BCUT2D eigenvalue weighted by molar-refractivity contribution is -0.113. The van der Waals surface area contributed by atoms with Crippen LogP contribution in [-0.4, -0.2) is 33.5 Å².